The first-order valence-electron chi connectivity index (χ1n) is 11.1. The first-order chi connectivity index (χ1) is 16.6. The highest BCUT2D eigenvalue weighted by molar-refractivity contribution is 6.33. The summed E-state index contributed by atoms with van der Waals surface area (Å²) < 4.78 is 3.63. The smallest absolute Gasteiger partial charge is 0.350 e. The fraction of sp³-hybridized carbons (Fsp3) is 0.292. The topological polar surface area (TPSA) is 120 Å². The van der Waals surface area contributed by atoms with Crippen LogP contribution in [0, 0.1) is 0 Å². The van der Waals surface area contributed by atoms with Gasteiger partial charge in [0, 0.05) is 17.6 Å². The lowest BCUT2D eigenvalue weighted by molar-refractivity contribution is -0.117. The van der Waals surface area contributed by atoms with E-state index in [1.54, 1.807) is 44.2 Å². The number of para-hydroxylation sites is 1. The third kappa shape index (κ3) is 4.57. The van der Waals surface area contributed by atoms with E-state index in [4.69, 9.17) is 11.6 Å². The van der Waals surface area contributed by atoms with Gasteiger partial charge in [-0.1, -0.05) is 23.7 Å². The standard InChI is InChI=1S/C24H25ClN6O4/c1-13(2)26-21(33)15-9-10-16-19(11-15)31-23(30(14(3)4)22(16)34)28-29(24(31)35)12-20(32)27-18-8-6-5-7-17(18)25/h5-11,13-14H,12H2,1-4H3,(H,26,33)(H,27,32). The van der Waals surface area contributed by atoms with Crippen LogP contribution in [0.15, 0.2) is 52.1 Å². The predicted octanol–water partition coefficient (Wildman–Crippen LogP) is 2.82. The van der Waals surface area contributed by atoms with Crippen molar-refractivity contribution in [1.29, 1.82) is 0 Å². The van der Waals surface area contributed by atoms with Gasteiger partial charge < -0.3 is 10.6 Å². The molecule has 4 aromatic rings. The second-order valence-electron chi connectivity index (χ2n) is 8.73. The van der Waals surface area contributed by atoms with Gasteiger partial charge >= 0.3 is 5.69 Å². The van der Waals surface area contributed by atoms with Crippen LogP contribution in [0.25, 0.3) is 16.7 Å². The number of benzene rings is 2. The molecule has 0 fully saturated rings. The third-order valence-electron chi connectivity index (χ3n) is 5.37. The number of hydrogen-bond donors (Lipinski definition) is 2. The molecule has 0 aliphatic heterocycles. The van der Waals surface area contributed by atoms with Crippen molar-refractivity contribution in [3.63, 3.8) is 0 Å². The largest absolute Gasteiger partial charge is 0.352 e. The number of anilines is 1. The number of fused-ring (bicyclic) bond motifs is 3. The van der Waals surface area contributed by atoms with E-state index in [0.717, 1.165) is 4.68 Å². The fourth-order valence-electron chi connectivity index (χ4n) is 3.82. The van der Waals surface area contributed by atoms with Crippen molar-refractivity contribution in [2.75, 3.05) is 5.32 Å². The van der Waals surface area contributed by atoms with E-state index in [2.05, 4.69) is 15.7 Å². The maximum absolute atomic E-state index is 13.4. The molecule has 0 saturated heterocycles. The Morgan fingerprint density at radius 2 is 1.77 bits per heavy atom. The van der Waals surface area contributed by atoms with Crippen molar-refractivity contribution in [2.24, 2.45) is 0 Å². The lowest BCUT2D eigenvalue weighted by atomic mass is 10.1. The number of rotatable bonds is 6. The van der Waals surface area contributed by atoms with Crippen LogP contribution in [0.1, 0.15) is 44.1 Å². The molecule has 2 N–H and O–H groups in total. The Kier molecular flexibility index (Phi) is 6.49. The van der Waals surface area contributed by atoms with Gasteiger partial charge in [0.15, 0.2) is 0 Å². The molecule has 2 heterocycles. The molecule has 35 heavy (non-hydrogen) atoms. The molecule has 0 radical (unpaired) electrons. The molecule has 4 rings (SSSR count). The van der Waals surface area contributed by atoms with E-state index in [0.29, 0.717) is 16.3 Å². The lowest BCUT2D eigenvalue weighted by Gasteiger charge is -2.13. The minimum atomic E-state index is -0.616. The summed E-state index contributed by atoms with van der Waals surface area (Å²) in [5.41, 5.74) is -0.0289. The molecule has 0 aliphatic carbocycles. The van der Waals surface area contributed by atoms with Gasteiger partial charge in [0.1, 0.15) is 6.54 Å². The van der Waals surface area contributed by atoms with Crippen molar-refractivity contribution < 1.29 is 9.59 Å². The molecule has 0 aliphatic rings. The monoisotopic (exact) mass is 496 g/mol. The molecule has 2 amide bonds. The number of hydrogen-bond acceptors (Lipinski definition) is 5. The zero-order valence-electron chi connectivity index (χ0n) is 19.7. The molecule has 0 unspecified atom stereocenters. The highest BCUT2D eigenvalue weighted by atomic mass is 35.5. The van der Waals surface area contributed by atoms with Crippen LogP contribution in [-0.4, -0.2) is 36.6 Å². The van der Waals surface area contributed by atoms with Crippen molar-refractivity contribution in [1.82, 2.24) is 24.1 Å². The number of aromatic nitrogens is 4. The molecular formula is C24H25ClN6O4. The van der Waals surface area contributed by atoms with Gasteiger partial charge in [-0.2, -0.15) is 0 Å². The SMILES string of the molecule is CC(C)NC(=O)c1ccc2c(=O)n(C(C)C)c3nn(CC(=O)Nc4ccccc4Cl)c(=O)n3c2c1. The Labute approximate surface area is 205 Å². The Bertz CT molecular complexity index is 1580. The second-order valence-corrected chi connectivity index (χ2v) is 9.14. The minimum absolute atomic E-state index is 0.0782. The second kappa shape index (κ2) is 9.38. The summed E-state index contributed by atoms with van der Waals surface area (Å²) in [5.74, 6) is -0.763. The van der Waals surface area contributed by atoms with E-state index in [1.165, 1.54) is 21.1 Å². The third-order valence-corrected chi connectivity index (χ3v) is 5.69. The molecule has 0 atom stereocenters. The summed E-state index contributed by atoms with van der Waals surface area (Å²) in [6, 6.07) is 10.9. The minimum Gasteiger partial charge on any atom is -0.350 e. The predicted molar refractivity (Wildman–Crippen MR) is 134 cm³/mol. The average molecular weight is 497 g/mol. The quantitative estimate of drug-likeness (QED) is 0.425. The number of halogens is 1. The zero-order valence-corrected chi connectivity index (χ0v) is 20.5. The number of nitrogens with zero attached hydrogens (tertiary/aromatic N) is 4. The van der Waals surface area contributed by atoms with Gasteiger partial charge in [0.25, 0.3) is 11.5 Å². The fourth-order valence-corrected chi connectivity index (χ4v) is 4.01. The van der Waals surface area contributed by atoms with Crippen molar-refractivity contribution in [2.45, 2.75) is 46.3 Å². The Morgan fingerprint density at radius 3 is 2.43 bits per heavy atom. The summed E-state index contributed by atoms with van der Waals surface area (Å²) in [7, 11) is 0. The maximum Gasteiger partial charge on any atom is 0.352 e. The molecule has 0 bridgehead atoms. The Balaban J connectivity index is 1.86. The maximum atomic E-state index is 13.4. The van der Waals surface area contributed by atoms with Crippen LogP contribution in [0.2, 0.25) is 5.02 Å². The van der Waals surface area contributed by atoms with E-state index in [1.807, 2.05) is 13.8 Å². The Hall–Kier alpha value is -3.92. The van der Waals surface area contributed by atoms with E-state index in [-0.39, 0.29) is 40.2 Å². The van der Waals surface area contributed by atoms with Gasteiger partial charge in [-0.25, -0.2) is 13.9 Å². The molecule has 0 saturated carbocycles. The van der Waals surface area contributed by atoms with Crippen molar-refractivity contribution in [3.8, 4) is 0 Å². The van der Waals surface area contributed by atoms with Gasteiger partial charge in [-0.05, 0) is 58.0 Å². The van der Waals surface area contributed by atoms with Gasteiger partial charge in [0.2, 0.25) is 11.7 Å². The summed E-state index contributed by atoms with van der Waals surface area (Å²) in [6.07, 6.45) is 0. The molecule has 10 nitrogen and oxygen atoms in total. The summed E-state index contributed by atoms with van der Waals surface area (Å²) in [4.78, 5) is 51.9. The van der Waals surface area contributed by atoms with E-state index >= 15 is 0 Å². The van der Waals surface area contributed by atoms with Crippen LogP contribution >= 0.6 is 11.6 Å². The average Bonchev–Trinajstić information content (AvgIpc) is 3.09. The van der Waals surface area contributed by atoms with Crippen molar-refractivity contribution in [3.05, 3.63) is 73.9 Å². The number of nitrogens with one attached hydrogen (secondary N) is 2. The normalized spacial score (nSPS) is 11.5. The molecular weight excluding hydrogens is 472 g/mol. The highest BCUT2D eigenvalue weighted by Crippen LogP contribution is 2.20. The Morgan fingerprint density at radius 1 is 1.06 bits per heavy atom. The lowest BCUT2D eigenvalue weighted by Crippen LogP contribution is -2.31. The summed E-state index contributed by atoms with van der Waals surface area (Å²) in [6.45, 7) is 6.87. The van der Waals surface area contributed by atoms with Gasteiger partial charge in [0.05, 0.1) is 21.6 Å². The van der Waals surface area contributed by atoms with Gasteiger partial charge in [-0.15, -0.1) is 5.10 Å². The summed E-state index contributed by atoms with van der Waals surface area (Å²) >= 11 is 6.10. The zero-order chi connectivity index (χ0) is 25.4. The van der Waals surface area contributed by atoms with Crippen LogP contribution < -0.4 is 21.9 Å². The molecule has 182 valence electrons. The van der Waals surface area contributed by atoms with Gasteiger partial charge in [-0.3, -0.25) is 19.0 Å². The van der Waals surface area contributed by atoms with Crippen LogP contribution in [0.4, 0.5) is 5.69 Å². The van der Waals surface area contributed by atoms with Crippen LogP contribution in [-0.2, 0) is 11.3 Å². The molecule has 2 aromatic carbocycles. The van der Waals surface area contributed by atoms with E-state index < -0.39 is 18.1 Å². The van der Waals surface area contributed by atoms with Crippen LogP contribution in [0.3, 0.4) is 0 Å². The first-order valence-corrected chi connectivity index (χ1v) is 11.5. The molecule has 0 spiro atoms. The van der Waals surface area contributed by atoms with Crippen LogP contribution in [0.5, 0.6) is 0 Å². The number of amides is 2. The molecule has 11 heteroatoms. The first kappa shape index (κ1) is 24.2. The van der Waals surface area contributed by atoms with Crippen molar-refractivity contribution >= 4 is 45.8 Å². The highest BCUT2D eigenvalue weighted by Gasteiger charge is 2.21. The van der Waals surface area contributed by atoms with E-state index in [9.17, 15) is 19.2 Å². The number of carbonyl (C=O) groups excluding carboxylic acids is 2. The molecule has 2 aromatic heterocycles. The summed E-state index contributed by atoms with van der Waals surface area (Å²) in [5, 5.41) is 10.4. The number of carbonyl (C=O) groups is 2.